The molecule has 0 bridgehead atoms. The molecule has 1 rings (SSSR count). The van der Waals surface area contributed by atoms with Crippen LogP contribution in [0.2, 0.25) is 0 Å². The second kappa shape index (κ2) is 5.57. The van der Waals surface area contributed by atoms with E-state index in [0.29, 0.717) is 17.4 Å². The number of halogens is 2. The van der Waals surface area contributed by atoms with E-state index in [0.717, 1.165) is 12.1 Å². The minimum atomic E-state index is -0.778. The van der Waals surface area contributed by atoms with E-state index in [1.165, 1.54) is 6.07 Å². The number of rotatable bonds is 5. The molecule has 0 radical (unpaired) electrons. The van der Waals surface area contributed by atoms with Gasteiger partial charge in [-0.15, -0.1) is 0 Å². The molecule has 0 heterocycles. The molecule has 4 heteroatoms. The van der Waals surface area contributed by atoms with Crippen molar-refractivity contribution in [3.63, 3.8) is 0 Å². The maximum atomic E-state index is 13.6. The highest BCUT2D eigenvalue weighted by molar-refractivity contribution is 5.98. The van der Waals surface area contributed by atoms with Crippen molar-refractivity contribution in [2.75, 3.05) is 27.7 Å². The van der Waals surface area contributed by atoms with E-state index in [4.69, 9.17) is 0 Å². The van der Waals surface area contributed by atoms with Crippen LogP contribution in [0.25, 0.3) is 0 Å². The van der Waals surface area contributed by atoms with Gasteiger partial charge in [-0.2, -0.15) is 0 Å². The summed E-state index contributed by atoms with van der Waals surface area (Å²) in [6.45, 7) is 2.42. The summed E-state index contributed by atoms with van der Waals surface area (Å²) >= 11 is 0. The van der Waals surface area contributed by atoms with Gasteiger partial charge in [0.25, 0.3) is 0 Å². The van der Waals surface area contributed by atoms with Crippen LogP contribution in [0.1, 0.15) is 23.7 Å². The lowest BCUT2D eigenvalue weighted by atomic mass is 9.93. The second-order valence-electron chi connectivity index (χ2n) is 5.54. The van der Waals surface area contributed by atoms with Crippen LogP contribution in [0.5, 0.6) is 0 Å². The maximum Gasteiger partial charge on any atom is 0.177 e. The Morgan fingerprint density at radius 3 is 2.11 bits per heavy atom. The summed E-state index contributed by atoms with van der Waals surface area (Å²) in [7, 11) is 5.86. The van der Waals surface area contributed by atoms with Crippen LogP contribution in [0.15, 0.2) is 18.2 Å². The number of ketones is 1. The van der Waals surface area contributed by atoms with Crippen LogP contribution in [0, 0.1) is 17.6 Å². The SMILES string of the molecule is CCC(C[N+](C)(C)C)C(=O)c1c(F)cccc1F. The number of Topliss-reactive ketones (excluding diaryl/α,β-unsaturated/α-hetero) is 1. The number of hydrogen-bond acceptors (Lipinski definition) is 1. The highest BCUT2D eigenvalue weighted by Gasteiger charge is 2.28. The fraction of sp³-hybridized carbons (Fsp3) is 0.500. The van der Waals surface area contributed by atoms with Gasteiger partial charge in [-0.25, -0.2) is 8.78 Å². The average molecular weight is 256 g/mol. The molecule has 0 aromatic heterocycles. The summed E-state index contributed by atoms with van der Waals surface area (Å²) in [6, 6.07) is 3.51. The molecule has 0 amide bonds. The molecule has 0 spiro atoms. The highest BCUT2D eigenvalue weighted by atomic mass is 19.1. The van der Waals surface area contributed by atoms with Crippen molar-refractivity contribution in [1.82, 2.24) is 0 Å². The molecule has 1 atom stereocenters. The molecular weight excluding hydrogens is 236 g/mol. The third kappa shape index (κ3) is 3.60. The summed E-state index contributed by atoms with van der Waals surface area (Å²) in [5.41, 5.74) is -0.405. The van der Waals surface area contributed by atoms with Crippen molar-refractivity contribution in [3.05, 3.63) is 35.4 Å². The third-order valence-corrected chi connectivity index (χ3v) is 2.84. The number of nitrogens with zero attached hydrogens (tertiary/aromatic N) is 1. The van der Waals surface area contributed by atoms with E-state index in [1.54, 1.807) is 0 Å². The van der Waals surface area contributed by atoms with Crippen molar-refractivity contribution in [3.8, 4) is 0 Å². The minimum Gasteiger partial charge on any atom is -0.330 e. The molecule has 0 aliphatic heterocycles. The molecule has 0 saturated carbocycles. The van der Waals surface area contributed by atoms with E-state index in [-0.39, 0.29) is 5.92 Å². The van der Waals surface area contributed by atoms with Gasteiger partial charge in [-0.1, -0.05) is 13.0 Å². The van der Waals surface area contributed by atoms with Crippen LogP contribution in [0.3, 0.4) is 0 Å². The van der Waals surface area contributed by atoms with Gasteiger partial charge in [-0.05, 0) is 18.6 Å². The molecule has 0 N–H and O–H groups in total. The zero-order valence-electron chi connectivity index (χ0n) is 11.3. The standard InChI is InChI=1S/C14H20F2NO/c1-5-10(9-17(2,3)4)14(18)13-11(15)7-6-8-12(13)16/h6-8,10H,5,9H2,1-4H3/q+1. The number of hydrogen-bond donors (Lipinski definition) is 0. The van der Waals surface area contributed by atoms with Crippen LogP contribution < -0.4 is 0 Å². The summed E-state index contributed by atoms with van der Waals surface area (Å²) in [4.78, 5) is 12.2. The molecule has 0 aliphatic carbocycles. The van der Waals surface area contributed by atoms with Crippen molar-refractivity contribution in [2.45, 2.75) is 13.3 Å². The first kappa shape index (κ1) is 14.8. The Kier molecular flexibility index (Phi) is 4.57. The van der Waals surface area contributed by atoms with Crippen molar-refractivity contribution < 1.29 is 18.1 Å². The Labute approximate surface area is 107 Å². The normalized spacial score (nSPS) is 13.4. The van der Waals surface area contributed by atoms with Gasteiger partial charge in [0, 0.05) is 0 Å². The van der Waals surface area contributed by atoms with Gasteiger partial charge in [0.1, 0.15) is 11.6 Å². The Balaban J connectivity index is 3.04. The number of carbonyl (C=O) groups is 1. The van der Waals surface area contributed by atoms with Crippen molar-refractivity contribution >= 4 is 5.78 Å². The van der Waals surface area contributed by atoms with E-state index in [2.05, 4.69) is 0 Å². The van der Waals surface area contributed by atoms with E-state index < -0.39 is 23.0 Å². The molecule has 18 heavy (non-hydrogen) atoms. The van der Waals surface area contributed by atoms with Gasteiger partial charge in [0.05, 0.1) is 39.2 Å². The summed E-state index contributed by atoms with van der Waals surface area (Å²) in [5, 5.41) is 0. The van der Waals surface area contributed by atoms with Crippen molar-refractivity contribution in [2.24, 2.45) is 5.92 Å². The second-order valence-corrected chi connectivity index (χ2v) is 5.54. The molecule has 0 aliphatic rings. The van der Waals surface area contributed by atoms with Crippen molar-refractivity contribution in [1.29, 1.82) is 0 Å². The van der Waals surface area contributed by atoms with Crippen LogP contribution in [-0.2, 0) is 0 Å². The molecule has 0 saturated heterocycles. The van der Waals surface area contributed by atoms with E-state index in [9.17, 15) is 13.6 Å². The largest absolute Gasteiger partial charge is 0.330 e. The maximum absolute atomic E-state index is 13.6. The smallest absolute Gasteiger partial charge is 0.177 e. The van der Waals surface area contributed by atoms with Crippen LogP contribution >= 0.6 is 0 Å². The molecule has 1 aromatic rings. The molecule has 100 valence electrons. The average Bonchev–Trinajstić information content (AvgIpc) is 2.24. The lowest BCUT2D eigenvalue weighted by Crippen LogP contribution is -2.41. The monoisotopic (exact) mass is 256 g/mol. The fourth-order valence-corrected chi connectivity index (χ4v) is 2.00. The van der Waals surface area contributed by atoms with E-state index in [1.807, 2.05) is 28.1 Å². The lowest BCUT2D eigenvalue weighted by molar-refractivity contribution is -0.872. The van der Waals surface area contributed by atoms with Crippen LogP contribution in [0.4, 0.5) is 8.78 Å². The predicted octanol–water partition coefficient (Wildman–Crippen LogP) is 2.88. The molecule has 2 nitrogen and oxygen atoms in total. The Morgan fingerprint density at radius 1 is 1.22 bits per heavy atom. The molecular formula is C14H20F2NO+. The molecule has 0 fully saturated rings. The van der Waals surface area contributed by atoms with Gasteiger partial charge in [-0.3, -0.25) is 4.79 Å². The topological polar surface area (TPSA) is 17.1 Å². The van der Waals surface area contributed by atoms with Crippen LogP contribution in [-0.4, -0.2) is 38.0 Å². The van der Waals surface area contributed by atoms with Gasteiger partial charge in [0.15, 0.2) is 5.78 Å². The number of carbonyl (C=O) groups excluding carboxylic acids is 1. The minimum absolute atomic E-state index is 0.364. The summed E-state index contributed by atoms with van der Waals surface area (Å²) in [5.74, 6) is -2.36. The number of benzene rings is 1. The summed E-state index contributed by atoms with van der Waals surface area (Å²) < 4.78 is 27.7. The first-order valence-corrected chi connectivity index (χ1v) is 6.05. The summed E-state index contributed by atoms with van der Waals surface area (Å²) in [6.07, 6.45) is 0.572. The third-order valence-electron chi connectivity index (χ3n) is 2.84. The fourth-order valence-electron chi connectivity index (χ4n) is 2.00. The van der Waals surface area contributed by atoms with Gasteiger partial charge >= 0.3 is 0 Å². The first-order valence-electron chi connectivity index (χ1n) is 6.05. The zero-order valence-corrected chi connectivity index (χ0v) is 11.3. The van der Waals surface area contributed by atoms with E-state index >= 15 is 0 Å². The quantitative estimate of drug-likeness (QED) is 0.585. The number of quaternary nitrogens is 1. The first-order chi connectivity index (χ1) is 8.26. The molecule has 1 aromatic carbocycles. The Morgan fingerprint density at radius 2 is 1.72 bits per heavy atom. The molecule has 1 unspecified atom stereocenters. The van der Waals surface area contributed by atoms with Gasteiger partial charge < -0.3 is 4.48 Å². The lowest BCUT2D eigenvalue weighted by Gasteiger charge is -2.28. The van der Waals surface area contributed by atoms with Gasteiger partial charge in [0.2, 0.25) is 0 Å². The highest BCUT2D eigenvalue weighted by Crippen LogP contribution is 2.20. The Hall–Kier alpha value is -1.29. The predicted molar refractivity (Wildman–Crippen MR) is 67.4 cm³/mol. The zero-order chi connectivity index (χ0) is 13.9. The Bertz CT molecular complexity index is 418.